The Morgan fingerprint density at radius 2 is 2.00 bits per heavy atom. The van der Waals surface area contributed by atoms with Gasteiger partial charge in [0.05, 0.1) is 6.26 Å². The molecule has 0 aliphatic heterocycles. The van der Waals surface area contributed by atoms with Gasteiger partial charge in [-0.15, -0.1) is 11.6 Å². The van der Waals surface area contributed by atoms with E-state index in [1.807, 2.05) is 13.0 Å². The zero-order chi connectivity index (χ0) is 11.8. The van der Waals surface area contributed by atoms with Gasteiger partial charge in [0.25, 0.3) is 0 Å². The average Bonchev–Trinajstić information content (AvgIpc) is 2.95. The molecule has 0 N–H and O–H groups in total. The molecular formula is C15H15ClO. The summed E-state index contributed by atoms with van der Waals surface area (Å²) in [5.41, 5.74) is 5.20. The van der Waals surface area contributed by atoms with Crippen LogP contribution in [-0.2, 0) is 12.8 Å². The zero-order valence-electron chi connectivity index (χ0n) is 9.87. The van der Waals surface area contributed by atoms with Gasteiger partial charge in [-0.25, -0.2) is 0 Å². The third-order valence-corrected chi connectivity index (χ3v) is 4.00. The second-order valence-electron chi connectivity index (χ2n) is 4.71. The van der Waals surface area contributed by atoms with Crippen molar-refractivity contribution in [3.8, 4) is 0 Å². The fourth-order valence-corrected chi connectivity index (χ4v) is 2.90. The van der Waals surface area contributed by atoms with Crippen LogP contribution in [0.4, 0.5) is 0 Å². The molecular weight excluding hydrogens is 232 g/mol. The Morgan fingerprint density at radius 1 is 1.18 bits per heavy atom. The van der Waals surface area contributed by atoms with Crippen LogP contribution in [0.3, 0.4) is 0 Å². The van der Waals surface area contributed by atoms with E-state index in [0.717, 1.165) is 16.9 Å². The van der Waals surface area contributed by atoms with Crippen LogP contribution >= 0.6 is 11.6 Å². The Hall–Kier alpha value is -1.21. The number of alkyl halides is 1. The number of benzene rings is 1. The molecule has 1 atom stereocenters. The van der Waals surface area contributed by atoms with Crippen LogP contribution in [0, 0.1) is 6.92 Å². The number of aryl methyl sites for hydroxylation is 3. The number of hydrogen-bond donors (Lipinski definition) is 0. The Balaban J connectivity index is 1.97. The van der Waals surface area contributed by atoms with E-state index in [1.165, 1.54) is 30.4 Å². The predicted octanol–water partition coefficient (Wildman–Crippen LogP) is 4.40. The maximum atomic E-state index is 6.49. The number of hydrogen-bond acceptors (Lipinski definition) is 1. The maximum absolute atomic E-state index is 6.49. The lowest BCUT2D eigenvalue weighted by Crippen LogP contribution is -1.95. The molecule has 0 radical (unpaired) electrons. The lowest BCUT2D eigenvalue weighted by atomic mass is 10.0. The molecule has 1 aliphatic rings. The zero-order valence-corrected chi connectivity index (χ0v) is 10.6. The first-order valence-electron chi connectivity index (χ1n) is 6.05. The average molecular weight is 247 g/mol. The topological polar surface area (TPSA) is 13.1 Å². The molecule has 88 valence electrons. The summed E-state index contributed by atoms with van der Waals surface area (Å²) in [5, 5.41) is -0.170. The van der Waals surface area contributed by atoms with Gasteiger partial charge in [0.1, 0.15) is 11.1 Å². The molecule has 1 aromatic heterocycles. The van der Waals surface area contributed by atoms with E-state index in [4.69, 9.17) is 16.0 Å². The Labute approximate surface area is 106 Å². The molecule has 0 bridgehead atoms. The fraction of sp³-hybridized carbons (Fsp3) is 0.333. The first-order chi connectivity index (χ1) is 8.25. The van der Waals surface area contributed by atoms with Crippen LogP contribution < -0.4 is 0 Å². The standard InChI is InChI=1S/C15H15ClO/c1-10-7-8-17-15(10)14(16)13-6-5-11-3-2-4-12(11)9-13/h5-9,14H,2-4H2,1H3. The molecule has 1 aromatic carbocycles. The van der Waals surface area contributed by atoms with Gasteiger partial charge in [-0.2, -0.15) is 0 Å². The lowest BCUT2D eigenvalue weighted by Gasteiger charge is -2.10. The van der Waals surface area contributed by atoms with Crippen LogP contribution in [-0.4, -0.2) is 0 Å². The summed E-state index contributed by atoms with van der Waals surface area (Å²) in [6.07, 6.45) is 5.37. The summed E-state index contributed by atoms with van der Waals surface area (Å²) in [5.74, 6) is 0.865. The normalized spacial score (nSPS) is 15.9. The summed E-state index contributed by atoms with van der Waals surface area (Å²) >= 11 is 6.49. The molecule has 2 heteroatoms. The van der Waals surface area contributed by atoms with Gasteiger partial charge in [-0.1, -0.05) is 18.2 Å². The molecule has 2 aromatic rings. The summed E-state index contributed by atoms with van der Waals surface area (Å²) < 4.78 is 5.47. The van der Waals surface area contributed by atoms with E-state index in [-0.39, 0.29) is 5.38 Å². The quantitative estimate of drug-likeness (QED) is 0.716. The Kier molecular flexibility index (Phi) is 2.71. The van der Waals surface area contributed by atoms with Crippen LogP contribution in [0.15, 0.2) is 34.9 Å². The van der Waals surface area contributed by atoms with Crippen molar-refractivity contribution in [1.82, 2.24) is 0 Å². The van der Waals surface area contributed by atoms with Gasteiger partial charge >= 0.3 is 0 Å². The fourth-order valence-electron chi connectivity index (χ4n) is 2.54. The van der Waals surface area contributed by atoms with Crippen molar-refractivity contribution < 1.29 is 4.42 Å². The number of rotatable bonds is 2. The van der Waals surface area contributed by atoms with E-state index >= 15 is 0 Å². The van der Waals surface area contributed by atoms with Gasteiger partial charge in [0.2, 0.25) is 0 Å². The van der Waals surface area contributed by atoms with Crippen LogP contribution in [0.5, 0.6) is 0 Å². The molecule has 1 heterocycles. The van der Waals surface area contributed by atoms with Crippen LogP contribution in [0.25, 0.3) is 0 Å². The van der Waals surface area contributed by atoms with Crippen LogP contribution in [0.1, 0.15) is 39.8 Å². The summed E-state index contributed by atoms with van der Waals surface area (Å²) in [4.78, 5) is 0. The van der Waals surface area contributed by atoms with Crippen molar-refractivity contribution >= 4 is 11.6 Å². The molecule has 0 spiro atoms. The minimum absolute atomic E-state index is 0.170. The van der Waals surface area contributed by atoms with Crippen molar-refractivity contribution in [3.63, 3.8) is 0 Å². The highest BCUT2D eigenvalue weighted by atomic mass is 35.5. The SMILES string of the molecule is Cc1ccoc1C(Cl)c1ccc2c(c1)CCC2. The van der Waals surface area contributed by atoms with E-state index in [9.17, 15) is 0 Å². The molecule has 17 heavy (non-hydrogen) atoms. The molecule has 1 nitrogen and oxygen atoms in total. The second-order valence-corrected chi connectivity index (χ2v) is 5.15. The first kappa shape index (κ1) is 10.9. The molecule has 0 fully saturated rings. The minimum Gasteiger partial charge on any atom is -0.467 e. The third-order valence-electron chi connectivity index (χ3n) is 3.55. The van der Waals surface area contributed by atoms with Gasteiger partial charge in [0, 0.05) is 0 Å². The number of furan rings is 1. The molecule has 0 saturated carbocycles. The molecule has 1 unspecified atom stereocenters. The number of fused-ring (bicyclic) bond motifs is 1. The highest BCUT2D eigenvalue weighted by Gasteiger charge is 2.19. The third kappa shape index (κ3) is 1.89. The first-order valence-corrected chi connectivity index (χ1v) is 6.49. The Bertz CT molecular complexity index is 542. The van der Waals surface area contributed by atoms with Gasteiger partial charge in [0.15, 0.2) is 0 Å². The summed E-state index contributed by atoms with van der Waals surface area (Å²) in [6, 6.07) is 8.54. The van der Waals surface area contributed by atoms with Gasteiger partial charge in [-0.05, 0) is 54.5 Å². The monoisotopic (exact) mass is 246 g/mol. The van der Waals surface area contributed by atoms with Crippen molar-refractivity contribution in [2.45, 2.75) is 31.6 Å². The highest BCUT2D eigenvalue weighted by Crippen LogP contribution is 2.34. The molecule has 1 aliphatic carbocycles. The van der Waals surface area contributed by atoms with Gasteiger partial charge in [-0.3, -0.25) is 0 Å². The highest BCUT2D eigenvalue weighted by molar-refractivity contribution is 6.22. The van der Waals surface area contributed by atoms with Gasteiger partial charge < -0.3 is 4.42 Å². The molecule has 0 amide bonds. The Morgan fingerprint density at radius 3 is 2.76 bits per heavy atom. The van der Waals surface area contributed by atoms with E-state index in [1.54, 1.807) is 6.26 Å². The lowest BCUT2D eigenvalue weighted by molar-refractivity contribution is 0.513. The smallest absolute Gasteiger partial charge is 0.128 e. The van der Waals surface area contributed by atoms with Crippen molar-refractivity contribution in [2.75, 3.05) is 0 Å². The van der Waals surface area contributed by atoms with E-state index in [2.05, 4.69) is 18.2 Å². The predicted molar refractivity (Wildman–Crippen MR) is 69.6 cm³/mol. The number of halogens is 1. The van der Waals surface area contributed by atoms with E-state index in [0.29, 0.717) is 0 Å². The minimum atomic E-state index is -0.170. The maximum Gasteiger partial charge on any atom is 0.128 e. The van der Waals surface area contributed by atoms with Crippen molar-refractivity contribution in [2.24, 2.45) is 0 Å². The molecule has 3 rings (SSSR count). The molecule has 0 saturated heterocycles. The van der Waals surface area contributed by atoms with Crippen LogP contribution in [0.2, 0.25) is 0 Å². The summed E-state index contributed by atoms with van der Waals surface area (Å²) in [6.45, 7) is 2.03. The second kappa shape index (κ2) is 4.23. The summed E-state index contributed by atoms with van der Waals surface area (Å²) in [7, 11) is 0. The van der Waals surface area contributed by atoms with Crippen molar-refractivity contribution in [3.05, 3.63) is 58.5 Å². The van der Waals surface area contributed by atoms with Crippen molar-refractivity contribution in [1.29, 1.82) is 0 Å². The largest absolute Gasteiger partial charge is 0.467 e. The van der Waals surface area contributed by atoms with E-state index < -0.39 is 0 Å².